The van der Waals surface area contributed by atoms with Gasteiger partial charge in [0.15, 0.2) is 0 Å². The van der Waals surface area contributed by atoms with E-state index in [1.807, 2.05) is 12.1 Å². The quantitative estimate of drug-likeness (QED) is 0.713. The van der Waals surface area contributed by atoms with Crippen LogP contribution in [0.5, 0.6) is 0 Å². The average molecular weight is 245 g/mol. The van der Waals surface area contributed by atoms with Gasteiger partial charge in [-0.15, -0.1) is 0 Å². The van der Waals surface area contributed by atoms with Crippen LogP contribution in [0.25, 0.3) is 0 Å². The standard InChI is InChI=1S/C15H19NO2/c1-15(2,3)11-7-5-6-10(8-11)12-9-13(17)16(4)14(12)18/h5-8,12H,9H2,1-4H3. The van der Waals surface area contributed by atoms with E-state index in [9.17, 15) is 9.59 Å². The summed E-state index contributed by atoms with van der Waals surface area (Å²) in [4.78, 5) is 24.8. The Hall–Kier alpha value is -1.64. The first-order chi connectivity index (χ1) is 8.30. The van der Waals surface area contributed by atoms with Gasteiger partial charge < -0.3 is 0 Å². The molecule has 18 heavy (non-hydrogen) atoms. The van der Waals surface area contributed by atoms with Gasteiger partial charge in [-0.05, 0) is 16.5 Å². The van der Waals surface area contributed by atoms with Gasteiger partial charge in [-0.25, -0.2) is 0 Å². The molecule has 0 N–H and O–H groups in total. The molecule has 3 nitrogen and oxygen atoms in total. The van der Waals surface area contributed by atoms with Crippen LogP contribution in [-0.4, -0.2) is 23.8 Å². The van der Waals surface area contributed by atoms with Crippen molar-refractivity contribution < 1.29 is 9.59 Å². The van der Waals surface area contributed by atoms with Crippen molar-refractivity contribution in [3.63, 3.8) is 0 Å². The molecule has 3 heteroatoms. The minimum absolute atomic E-state index is 0.0492. The molecule has 1 aliphatic rings. The first-order valence-corrected chi connectivity index (χ1v) is 6.21. The predicted molar refractivity (Wildman–Crippen MR) is 70.3 cm³/mol. The molecule has 1 unspecified atom stereocenters. The Labute approximate surface area is 108 Å². The van der Waals surface area contributed by atoms with E-state index in [-0.39, 0.29) is 23.1 Å². The van der Waals surface area contributed by atoms with Crippen LogP contribution in [0.2, 0.25) is 0 Å². The molecular formula is C15H19NO2. The molecule has 1 fully saturated rings. The minimum Gasteiger partial charge on any atom is -0.285 e. The van der Waals surface area contributed by atoms with Crippen molar-refractivity contribution in [2.45, 2.75) is 38.5 Å². The third kappa shape index (κ3) is 2.17. The van der Waals surface area contributed by atoms with E-state index in [0.717, 1.165) is 5.56 Å². The first kappa shape index (κ1) is 12.8. The number of rotatable bonds is 1. The number of carbonyl (C=O) groups excluding carboxylic acids is 2. The number of nitrogens with zero attached hydrogens (tertiary/aromatic N) is 1. The summed E-state index contributed by atoms with van der Waals surface area (Å²) in [6.07, 6.45) is 0.295. The van der Waals surface area contributed by atoms with Gasteiger partial charge in [0.2, 0.25) is 11.8 Å². The van der Waals surface area contributed by atoms with Gasteiger partial charge in [-0.1, -0.05) is 45.0 Å². The molecule has 96 valence electrons. The lowest BCUT2D eigenvalue weighted by Crippen LogP contribution is -2.25. The fraction of sp³-hybridized carbons (Fsp3) is 0.467. The van der Waals surface area contributed by atoms with Crippen molar-refractivity contribution in [1.29, 1.82) is 0 Å². The second-order valence-corrected chi connectivity index (χ2v) is 5.92. The van der Waals surface area contributed by atoms with Crippen LogP contribution in [0, 0.1) is 0 Å². The van der Waals surface area contributed by atoms with Gasteiger partial charge in [0, 0.05) is 13.5 Å². The van der Waals surface area contributed by atoms with Crippen molar-refractivity contribution in [2.75, 3.05) is 7.05 Å². The SMILES string of the molecule is CN1C(=O)CC(c2cccc(C(C)(C)C)c2)C1=O. The molecule has 1 saturated heterocycles. The van der Waals surface area contributed by atoms with Gasteiger partial charge >= 0.3 is 0 Å². The van der Waals surface area contributed by atoms with Gasteiger partial charge in [-0.2, -0.15) is 0 Å². The summed E-state index contributed by atoms with van der Waals surface area (Å²) in [5, 5.41) is 0. The number of imide groups is 1. The monoisotopic (exact) mass is 245 g/mol. The summed E-state index contributed by atoms with van der Waals surface area (Å²) < 4.78 is 0. The summed E-state index contributed by atoms with van der Waals surface area (Å²) in [6.45, 7) is 6.42. The van der Waals surface area contributed by atoms with E-state index >= 15 is 0 Å². The number of amides is 2. The minimum atomic E-state index is -0.301. The lowest BCUT2D eigenvalue weighted by molar-refractivity contribution is -0.137. The van der Waals surface area contributed by atoms with Crippen LogP contribution >= 0.6 is 0 Å². The van der Waals surface area contributed by atoms with E-state index in [0.29, 0.717) is 6.42 Å². The molecule has 0 aliphatic carbocycles. The Kier molecular flexibility index (Phi) is 3.01. The van der Waals surface area contributed by atoms with Crippen molar-refractivity contribution in [2.24, 2.45) is 0 Å². The van der Waals surface area contributed by atoms with Crippen molar-refractivity contribution in [1.82, 2.24) is 4.90 Å². The van der Waals surface area contributed by atoms with Crippen LogP contribution in [0.1, 0.15) is 44.2 Å². The van der Waals surface area contributed by atoms with E-state index in [2.05, 4.69) is 32.9 Å². The Morgan fingerprint density at radius 2 is 1.89 bits per heavy atom. The van der Waals surface area contributed by atoms with Crippen molar-refractivity contribution in [3.8, 4) is 0 Å². The zero-order chi connectivity index (χ0) is 13.5. The largest absolute Gasteiger partial charge is 0.285 e. The molecule has 1 atom stereocenters. The predicted octanol–water partition coefficient (Wildman–Crippen LogP) is 2.46. The molecule has 1 aromatic rings. The van der Waals surface area contributed by atoms with E-state index in [1.54, 1.807) is 7.05 Å². The van der Waals surface area contributed by atoms with Crippen LogP contribution in [0.4, 0.5) is 0 Å². The maximum atomic E-state index is 12.0. The number of benzene rings is 1. The Morgan fingerprint density at radius 1 is 1.22 bits per heavy atom. The first-order valence-electron chi connectivity index (χ1n) is 6.21. The Balaban J connectivity index is 2.36. The number of carbonyl (C=O) groups is 2. The van der Waals surface area contributed by atoms with Crippen molar-refractivity contribution >= 4 is 11.8 Å². The summed E-state index contributed by atoms with van der Waals surface area (Å²) in [7, 11) is 1.55. The highest BCUT2D eigenvalue weighted by molar-refractivity contribution is 6.05. The number of likely N-dealkylation sites (tertiary alicyclic amines) is 1. The lowest BCUT2D eigenvalue weighted by Gasteiger charge is -2.20. The molecule has 0 bridgehead atoms. The average Bonchev–Trinajstić information content (AvgIpc) is 2.56. The molecule has 2 amide bonds. The third-order valence-corrected chi connectivity index (χ3v) is 3.54. The number of hydrogen-bond acceptors (Lipinski definition) is 2. The molecular weight excluding hydrogens is 226 g/mol. The number of hydrogen-bond donors (Lipinski definition) is 0. The van der Waals surface area contributed by atoms with Crippen molar-refractivity contribution in [3.05, 3.63) is 35.4 Å². The zero-order valence-corrected chi connectivity index (χ0v) is 11.4. The summed E-state index contributed by atoms with van der Waals surface area (Å²) in [6, 6.07) is 8.01. The summed E-state index contributed by atoms with van der Waals surface area (Å²) >= 11 is 0. The van der Waals surface area contributed by atoms with Crippen LogP contribution in [-0.2, 0) is 15.0 Å². The van der Waals surface area contributed by atoms with Gasteiger partial charge in [-0.3, -0.25) is 14.5 Å². The smallest absolute Gasteiger partial charge is 0.236 e. The van der Waals surface area contributed by atoms with E-state index < -0.39 is 0 Å². The molecule has 1 aromatic carbocycles. The summed E-state index contributed by atoms with van der Waals surface area (Å²) in [5.74, 6) is -0.484. The zero-order valence-electron chi connectivity index (χ0n) is 11.4. The second-order valence-electron chi connectivity index (χ2n) is 5.92. The summed E-state index contributed by atoms with van der Waals surface area (Å²) in [5.41, 5.74) is 2.19. The van der Waals surface area contributed by atoms with Crippen LogP contribution in [0.15, 0.2) is 24.3 Å². The van der Waals surface area contributed by atoms with E-state index in [1.165, 1.54) is 10.5 Å². The fourth-order valence-electron chi connectivity index (χ4n) is 2.24. The molecule has 0 saturated carbocycles. The van der Waals surface area contributed by atoms with Gasteiger partial charge in [0.05, 0.1) is 5.92 Å². The molecule has 0 radical (unpaired) electrons. The second kappa shape index (κ2) is 4.23. The highest BCUT2D eigenvalue weighted by Crippen LogP contribution is 2.31. The Bertz CT molecular complexity index is 499. The Morgan fingerprint density at radius 3 is 2.39 bits per heavy atom. The molecule has 1 aliphatic heterocycles. The fourth-order valence-corrected chi connectivity index (χ4v) is 2.24. The molecule has 0 aromatic heterocycles. The normalized spacial score (nSPS) is 20.7. The van der Waals surface area contributed by atoms with Gasteiger partial charge in [0.25, 0.3) is 0 Å². The lowest BCUT2D eigenvalue weighted by atomic mass is 9.84. The maximum Gasteiger partial charge on any atom is 0.236 e. The highest BCUT2D eigenvalue weighted by atomic mass is 16.2. The number of likely N-dealkylation sites (N-methyl/N-ethyl adjacent to an activating group) is 1. The van der Waals surface area contributed by atoms with Crippen LogP contribution in [0.3, 0.4) is 0 Å². The third-order valence-electron chi connectivity index (χ3n) is 3.54. The van der Waals surface area contributed by atoms with Crippen LogP contribution < -0.4 is 0 Å². The molecule has 1 heterocycles. The molecule has 0 spiro atoms. The van der Waals surface area contributed by atoms with E-state index in [4.69, 9.17) is 0 Å². The highest BCUT2D eigenvalue weighted by Gasteiger charge is 2.37. The molecule has 2 rings (SSSR count). The topological polar surface area (TPSA) is 37.4 Å². The maximum absolute atomic E-state index is 12.0. The van der Waals surface area contributed by atoms with Gasteiger partial charge in [0.1, 0.15) is 0 Å².